The zero-order chi connectivity index (χ0) is 15.6. The molecule has 0 spiro atoms. The highest BCUT2D eigenvalue weighted by molar-refractivity contribution is 6.30. The summed E-state index contributed by atoms with van der Waals surface area (Å²) in [6.45, 7) is 0.163. The third-order valence-corrected chi connectivity index (χ3v) is 4.14. The van der Waals surface area contributed by atoms with Crippen LogP contribution in [-0.4, -0.2) is 54.0 Å². The average molecular weight is 311 g/mol. The Bertz CT molecular complexity index is 549. The molecular weight excluding hydrogens is 292 g/mol. The molecule has 2 rings (SSSR count). The number of hydrogen-bond acceptors (Lipinski definition) is 3. The standard InChI is InChI=1S/C15H19ClN2O3/c1-17(6-7-19)15(21)12-9-13(20)18(2)14(12)10-4-3-5-11(16)8-10/h3-5,8,12,14,19H,6-7,9H2,1-2H3. The lowest BCUT2D eigenvalue weighted by Gasteiger charge is -2.27. The first-order valence-electron chi connectivity index (χ1n) is 6.82. The molecule has 0 radical (unpaired) electrons. The molecular formula is C15H19ClN2O3. The van der Waals surface area contributed by atoms with Crippen molar-refractivity contribution in [3.8, 4) is 0 Å². The molecule has 114 valence electrons. The Balaban J connectivity index is 2.31. The number of rotatable bonds is 4. The molecule has 1 aliphatic rings. The van der Waals surface area contributed by atoms with Crippen molar-refractivity contribution in [3.05, 3.63) is 34.9 Å². The van der Waals surface area contributed by atoms with Gasteiger partial charge in [-0.25, -0.2) is 0 Å². The number of aliphatic hydroxyl groups is 1. The lowest BCUT2D eigenvalue weighted by Crippen LogP contribution is -2.37. The molecule has 1 fully saturated rings. The fourth-order valence-electron chi connectivity index (χ4n) is 2.78. The van der Waals surface area contributed by atoms with E-state index in [2.05, 4.69) is 0 Å². The van der Waals surface area contributed by atoms with E-state index in [0.29, 0.717) is 5.02 Å². The summed E-state index contributed by atoms with van der Waals surface area (Å²) in [5, 5.41) is 9.54. The highest BCUT2D eigenvalue weighted by Gasteiger charge is 2.43. The maximum absolute atomic E-state index is 12.5. The number of aliphatic hydroxyl groups excluding tert-OH is 1. The molecule has 1 N–H and O–H groups in total. The van der Waals surface area contributed by atoms with Gasteiger partial charge in [-0.1, -0.05) is 23.7 Å². The van der Waals surface area contributed by atoms with Crippen LogP contribution in [0.5, 0.6) is 0 Å². The van der Waals surface area contributed by atoms with E-state index in [1.54, 1.807) is 31.1 Å². The molecule has 2 unspecified atom stereocenters. The SMILES string of the molecule is CN(CCO)C(=O)C1CC(=O)N(C)C1c1cccc(Cl)c1. The van der Waals surface area contributed by atoms with Crippen LogP contribution in [0.15, 0.2) is 24.3 Å². The van der Waals surface area contributed by atoms with Crippen LogP contribution in [-0.2, 0) is 9.59 Å². The Hall–Kier alpha value is -1.59. The summed E-state index contributed by atoms with van der Waals surface area (Å²) in [7, 11) is 3.34. The zero-order valence-electron chi connectivity index (χ0n) is 12.1. The van der Waals surface area contributed by atoms with Gasteiger partial charge in [-0.3, -0.25) is 9.59 Å². The molecule has 1 aromatic rings. The topological polar surface area (TPSA) is 60.9 Å². The molecule has 2 atom stereocenters. The average Bonchev–Trinajstić information content (AvgIpc) is 2.74. The molecule has 1 saturated heterocycles. The summed E-state index contributed by atoms with van der Waals surface area (Å²) in [4.78, 5) is 27.6. The van der Waals surface area contributed by atoms with E-state index in [9.17, 15) is 9.59 Å². The second kappa shape index (κ2) is 6.45. The number of carbonyl (C=O) groups excluding carboxylic acids is 2. The van der Waals surface area contributed by atoms with E-state index in [-0.39, 0.29) is 37.4 Å². The fourth-order valence-corrected chi connectivity index (χ4v) is 2.98. The molecule has 2 amide bonds. The summed E-state index contributed by atoms with van der Waals surface area (Å²) in [5.41, 5.74) is 0.853. The minimum Gasteiger partial charge on any atom is -0.395 e. The molecule has 5 nitrogen and oxygen atoms in total. The second-order valence-electron chi connectivity index (χ2n) is 5.30. The summed E-state index contributed by atoms with van der Waals surface area (Å²) < 4.78 is 0. The van der Waals surface area contributed by atoms with Gasteiger partial charge in [-0.2, -0.15) is 0 Å². The van der Waals surface area contributed by atoms with E-state index in [1.165, 1.54) is 4.90 Å². The van der Waals surface area contributed by atoms with Crippen LogP contribution in [0.1, 0.15) is 18.0 Å². The van der Waals surface area contributed by atoms with Crippen molar-refractivity contribution in [1.29, 1.82) is 0 Å². The summed E-state index contributed by atoms with van der Waals surface area (Å²) >= 11 is 6.02. The van der Waals surface area contributed by atoms with Crippen molar-refractivity contribution < 1.29 is 14.7 Å². The number of hydrogen-bond donors (Lipinski definition) is 1. The Morgan fingerprint density at radius 1 is 1.52 bits per heavy atom. The van der Waals surface area contributed by atoms with Crippen LogP contribution in [0, 0.1) is 5.92 Å². The van der Waals surface area contributed by atoms with Gasteiger partial charge in [-0.05, 0) is 17.7 Å². The first-order chi connectivity index (χ1) is 9.95. The van der Waals surface area contributed by atoms with Crippen LogP contribution in [0.3, 0.4) is 0 Å². The van der Waals surface area contributed by atoms with Gasteiger partial charge in [0.1, 0.15) is 0 Å². The highest BCUT2D eigenvalue weighted by Crippen LogP contribution is 2.38. The predicted octanol–water partition coefficient (Wildman–Crippen LogP) is 1.31. The Morgan fingerprint density at radius 2 is 2.24 bits per heavy atom. The first-order valence-corrected chi connectivity index (χ1v) is 7.20. The van der Waals surface area contributed by atoms with Gasteiger partial charge in [-0.15, -0.1) is 0 Å². The number of likely N-dealkylation sites (N-methyl/N-ethyl adjacent to an activating group) is 1. The van der Waals surface area contributed by atoms with Crippen molar-refractivity contribution in [1.82, 2.24) is 9.80 Å². The van der Waals surface area contributed by atoms with Crippen molar-refractivity contribution in [2.24, 2.45) is 5.92 Å². The van der Waals surface area contributed by atoms with Crippen LogP contribution in [0.25, 0.3) is 0 Å². The third-order valence-electron chi connectivity index (χ3n) is 3.91. The zero-order valence-corrected chi connectivity index (χ0v) is 12.9. The van der Waals surface area contributed by atoms with E-state index >= 15 is 0 Å². The van der Waals surface area contributed by atoms with E-state index in [4.69, 9.17) is 16.7 Å². The van der Waals surface area contributed by atoms with E-state index in [1.807, 2.05) is 12.1 Å². The minimum atomic E-state index is -0.447. The highest BCUT2D eigenvalue weighted by atomic mass is 35.5. The largest absolute Gasteiger partial charge is 0.395 e. The Labute approximate surface area is 129 Å². The molecule has 0 aliphatic carbocycles. The minimum absolute atomic E-state index is 0.0595. The van der Waals surface area contributed by atoms with Gasteiger partial charge in [0.25, 0.3) is 0 Å². The van der Waals surface area contributed by atoms with Crippen LogP contribution in [0.2, 0.25) is 5.02 Å². The van der Waals surface area contributed by atoms with Crippen LogP contribution in [0.4, 0.5) is 0 Å². The first kappa shape index (κ1) is 15.8. The number of carbonyl (C=O) groups is 2. The molecule has 0 saturated carbocycles. The summed E-state index contributed by atoms with van der Waals surface area (Å²) in [6.07, 6.45) is 0.183. The quantitative estimate of drug-likeness (QED) is 0.912. The lowest BCUT2D eigenvalue weighted by molar-refractivity contribution is -0.135. The third kappa shape index (κ3) is 3.19. The van der Waals surface area contributed by atoms with Gasteiger partial charge in [0.15, 0.2) is 0 Å². The molecule has 0 aromatic heterocycles. The number of likely N-dealkylation sites (tertiary alicyclic amines) is 1. The van der Waals surface area contributed by atoms with E-state index < -0.39 is 5.92 Å². The van der Waals surface area contributed by atoms with Crippen LogP contribution >= 0.6 is 11.6 Å². The number of nitrogens with zero attached hydrogens (tertiary/aromatic N) is 2. The number of halogens is 1. The molecule has 1 aromatic carbocycles. The van der Waals surface area contributed by atoms with Gasteiger partial charge in [0.2, 0.25) is 11.8 Å². The summed E-state index contributed by atoms with van der Waals surface area (Å²) in [5.74, 6) is -0.639. The molecule has 1 heterocycles. The van der Waals surface area contributed by atoms with Crippen molar-refractivity contribution in [2.75, 3.05) is 27.2 Å². The van der Waals surface area contributed by atoms with E-state index in [0.717, 1.165) is 5.56 Å². The molecule has 1 aliphatic heterocycles. The van der Waals surface area contributed by atoms with Crippen molar-refractivity contribution >= 4 is 23.4 Å². The maximum Gasteiger partial charge on any atom is 0.228 e. The monoisotopic (exact) mass is 310 g/mol. The van der Waals surface area contributed by atoms with Crippen molar-refractivity contribution in [3.63, 3.8) is 0 Å². The maximum atomic E-state index is 12.5. The normalized spacial score (nSPS) is 21.7. The molecule has 0 bridgehead atoms. The lowest BCUT2D eigenvalue weighted by atomic mass is 9.92. The predicted molar refractivity (Wildman–Crippen MR) is 79.8 cm³/mol. The van der Waals surface area contributed by atoms with Crippen LogP contribution < -0.4 is 0 Å². The van der Waals surface area contributed by atoms with Gasteiger partial charge in [0, 0.05) is 32.1 Å². The van der Waals surface area contributed by atoms with Crippen molar-refractivity contribution in [2.45, 2.75) is 12.5 Å². The fraction of sp³-hybridized carbons (Fsp3) is 0.467. The summed E-state index contributed by atoms with van der Waals surface area (Å²) in [6, 6.07) is 6.92. The molecule has 21 heavy (non-hydrogen) atoms. The number of benzene rings is 1. The van der Waals surface area contributed by atoms with Gasteiger partial charge < -0.3 is 14.9 Å². The smallest absolute Gasteiger partial charge is 0.228 e. The Morgan fingerprint density at radius 3 is 2.86 bits per heavy atom. The van der Waals surface area contributed by atoms with Gasteiger partial charge >= 0.3 is 0 Å². The molecule has 6 heteroatoms. The number of amides is 2. The Kier molecular flexibility index (Phi) is 4.85. The van der Waals surface area contributed by atoms with Gasteiger partial charge in [0.05, 0.1) is 18.6 Å². The second-order valence-corrected chi connectivity index (χ2v) is 5.73.